The van der Waals surface area contributed by atoms with E-state index in [2.05, 4.69) is 37.2 Å². The molecule has 1 aromatic carbocycles. The van der Waals surface area contributed by atoms with Gasteiger partial charge in [0.1, 0.15) is 0 Å². The lowest BCUT2D eigenvalue weighted by molar-refractivity contribution is 0.590. The largest absolute Gasteiger partial charge is 0.367 e. The van der Waals surface area contributed by atoms with Crippen molar-refractivity contribution >= 4 is 56.5 Å². The molecule has 20 heavy (non-hydrogen) atoms. The summed E-state index contributed by atoms with van der Waals surface area (Å²) in [6, 6.07) is 6.18. The van der Waals surface area contributed by atoms with Gasteiger partial charge >= 0.3 is 0 Å². The van der Waals surface area contributed by atoms with Crippen LogP contribution >= 0.6 is 39.9 Å². The maximum Gasteiger partial charge on any atom is 0.0858 e. The molecule has 1 saturated heterocycles. The first-order valence-corrected chi connectivity index (χ1v) is 7.55. The van der Waals surface area contributed by atoms with E-state index < -0.39 is 0 Å². The maximum absolute atomic E-state index is 6.51. The second-order valence-corrected chi connectivity index (χ2v) is 6.05. The number of pyridine rings is 1. The second kappa shape index (κ2) is 6.48. The quantitative estimate of drug-likeness (QED) is 0.820. The summed E-state index contributed by atoms with van der Waals surface area (Å²) in [6.45, 7) is 5.92. The molecule has 1 aliphatic rings. The number of benzene rings is 1. The average Bonchev–Trinajstić information content (AvgIpc) is 2.41. The fraction of sp³-hybridized carbons (Fsp3) is 0.357. The van der Waals surface area contributed by atoms with Crippen molar-refractivity contribution in [3.05, 3.63) is 33.4 Å². The summed E-state index contributed by atoms with van der Waals surface area (Å²) in [4.78, 5) is 6.94. The Labute approximate surface area is 138 Å². The van der Waals surface area contributed by atoms with Gasteiger partial charge in [0, 0.05) is 36.0 Å². The molecule has 2 heterocycles. The number of nitrogens with zero attached hydrogens (tertiary/aromatic N) is 2. The lowest BCUT2D eigenvalue weighted by Crippen LogP contribution is -2.43. The molecule has 6 heteroatoms. The van der Waals surface area contributed by atoms with E-state index in [0.29, 0.717) is 0 Å². The van der Waals surface area contributed by atoms with E-state index in [9.17, 15) is 0 Å². The molecule has 2 aromatic rings. The molecular formula is C14H16BrCl2N3. The number of rotatable bonds is 1. The van der Waals surface area contributed by atoms with Crippen LogP contribution in [-0.4, -0.2) is 31.2 Å². The third kappa shape index (κ3) is 2.89. The highest BCUT2D eigenvalue weighted by atomic mass is 79.9. The molecule has 1 aliphatic heterocycles. The van der Waals surface area contributed by atoms with Crippen LogP contribution in [0.3, 0.4) is 0 Å². The minimum Gasteiger partial charge on any atom is -0.367 e. The SMILES string of the molecule is Cc1nc2cc(Br)ccc2c(N2CCNCC2)c1Cl.Cl. The van der Waals surface area contributed by atoms with Gasteiger partial charge in [-0.1, -0.05) is 27.5 Å². The Morgan fingerprint density at radius 3 is 2.70 bits per heavy atom. The summed E-state index contributed by atoms with van der Waals surface area (Å²) < 4.78 is 1.04. The number of hydrogen-bond acceptors (Lipinski definition) is 3. The number of fused-ring (bicyclic) bond motifs is 1. The summed E-state index contributed by atoms with van der Waals surface area (Å²) in [5.74, 6) is 0. The number of aryl methyl sites for hydroxylation is 1. The number of piperazine rings is 1. The highest BCUT2D eigenvalue weighted by molar-refractivity contribution is 9.10. The van der Waals surface area contributed by atoms with Crippen molar-refractivity contribution in [1.82, 2.24) is 10.3 Å². The van der Waals surface area contributed by atoms with Crippen molar-refractivity contribution in [2.45, 2.75) is 6.92 Å². The summed E-state index contributed by atoms with van der Waals surface area (Å²) >= 11 is 10.0. The molecule has 0 aliphatic carbocycles. The van der Waals surface area contributed by atoms with Gasteiger partial charge in [-0.05, 0) is 25.1 Å². The van der Waals surface area contributed by atoms with E-state index in [1.165, 1.54) is 0 Å². The van der Waals surface area contributed by atoms with Crippen molar-refractivity contribution in [3.63, 3.8) is 0 Å². The van der Waals surface area contributed by atoms with E-state index in [1.54, 1.807) is 0 Å². The van der Waals surface area contributed by atoms with Crippen LogP contribution in [0.25, 0.3) is 10.9 Å². The van der Waals surface area contributed by atoms with Crippen LogP contribution < -0.4 is 10.2 Å². The Balaban J connectivity index is 0.00000147. The van der Waals surface area contributed by atoms with Crippen molar-refractivity contribution in [1.29, 1.82) is 0 Å². The Morgan fingerprint density at radius 1 is 1.30 bits per heavy atom. The predicted molar refractivity (Wildman–Crippen MR) is 91.5 cm³/mol. The summed E-state index contributed by atoms with van der Waals surface area (Å²) in [5, 5.41) is 5.27. The molecule has 1 N–H and O–H groups in total. The first kappa shape index (κ1) is 15.8. The van der Waals surface area contributed by atoms with E-state index in [0.717, 1.165) is 58.0 Å². The zero-order valence-corrected chi connectivity index (χ0v) is 14.3. The molecule has 0 amide bonds. The van der Waals surface area contributed by atoms with E-state index in [1.807, 2.05) is 19.1 Å². The molecule has 0 spiro atoms. The van der Waals surface area contributed by atoms with Crippen LogP contribution in [0.5, 0.6) is 0 Å². The maximum atomic E-state index is 6.51. The molecular weight excluding hydrogens is 361 g/mol. The van der Waals surface area contributed by atoms with E-state index in [4.69, 9.17) is 11.6 Å². The zero-order valence-electron chi connectivity index (χ0n) is 11.1. The van der Waals surface area contributed by atoms with Crippen molar-refractivity contribution in [2.24, 2.45) is 0 Å². The zero-order chi connectivity index (χ0) is 13.4. The molecule has 0 radical (unpaired) electrons. The van der Waals surface area contributed by atoms with Crippen molar-refractivity contribution in [3.8, 4) is 0 Å². The normalized spacial score (nSPS) is 15.2. The van der Waals surface area contributed by atoms with E-state index >= 15 is 0 Å². The minimum absolute atomic E-state index is 0. The summed E-state index contributed by atoms with van der Waals surface area (Å²) in [6.07, 6.45) is 0. The molecule has 0 atom stereocenters. The van der Waals surface area contributed by atoms with Gasteiger partial charge in [-0.25, -0.2) is 0 Å². The van der Waals surface area contributed by atoms with Gasteiger partial charge in [0.2, 0.25) is 0 Å². The summed E-state index contributed by atoms with van der Waals surface area (Å²) in [5.41, 5.74) is 3.00. The first-order chi connectivity index (χ1) is 9.16. The molecule has 3 rings (SSSR count). The van der Waals surface area contributed by atoms with Crippen molar-refractivity contribution < 1.29 is 0 Å². The highest BCUT2D eigenvalue weighted by Crippen LogP contribution is 2.36. The third-order valence-corrected chi connectivity index (χ3v) is 4.41. The van der Waals surface area contributed by atoms with Gasteiger partial charge in [0.15, 0.2) is 0 Å². The van der Waals surface area contributed by atoms with Gasteiger partial charge in [-0.3, -0.25) is 4.98 Å². The van der Waals surface area contributed by atoms with E-state index in [-0.39, 0.29) is 12.4 Å². The lowest BCUT2D eigenvalue weighted by Gasteiger charge is -2.31. The third-order valence-electron chi connectivity index (χ3n) is 3.46. The molecule has 108 valence electrons. The molecule has 1 aromatic heterocycles. The molecule has 0 unspecified atom stereocenters. The Morgan fingerprint density at radius 2 is 2.00 bits per heavy atom. The molecule has 3 nitrogen and oxygen atoms in total. The number of anilines is 1. The highest BCUT2D eigenvalue weighted by Gasteiger charge is 2.19. The number of nitrogens with one attached hydrogen (secondary N) is 1. The minimum atomic E-state index is 0. The molecule has 1 fully saturated rings. The topological polar surface area (TPSA) is 28.2 Å². The number of hydrogen-bond donors (Lipinski definition) is 1. The smallest absolute Gasteiger partial charge is 0.0858 e. The Hall–Kier alpha value is -0.550. The summed E-state index contributed by atoms with van der Waals surface area (Å²) in [7, 11) is 0. The fourth-order valence-electron chi connectivity index (χ4n) is 2.51. The fourth-order valence-corrected chi connectivity index (χ4v) is 3.13. The van der Waals surface area contributed by atoms with Gasteiger partial charge < -0.3 is 10.2 Å². The molecule has 0 bridgehead atoms. The van der Waals surface area contributed by atoms with Crippen LogP contribution in [0.1, 0.15) is 5.69 Å². The van der Waals surface area contributed by atoms with Gasteiger partial charge in [-0.2, -0.15) is 0 Å². The van der Waals surface area contributed by atoms with Crippen LogP contribution in [0, 0.1) is 6.92 Å². The first-order valence-electron chi connectivity index (χ1n) is 6.38. The van der Waals surface area contributed by atoms with Gasteiger partial charge in [0.25, 0.3) is 0 Å². The predicted octanol–water partition coefficient (Wildman–Crippen LogP) is 3.79. The number of aromatic nitrogens is 1. The van der Waals surface area contributed by atoms with Crippen LogP contribution in [0.15, 0.2) is 22.7 Å². The van der Waals surface area contributed by atoms with Gasteiger partial charge in [-0.15, -0.1) is 12.4 Å². The lowest BCUT2D eigenvalue weighted by atomic mass is 10.1. The van der Waals surface area contributed by atoms with Gasteiger partial charge in [0.05, 0.1) is 21.9 Å². The molecule has 0 saturated carbocycles. The van der Waals surface area contributed by atoms with Crippen LogP contribution in [0.4, 0.5) is 5.69 Å². The Kier molecular flexibility index (Phi) is 5.13. The average molecular weight is 377 g/mol. The van der Waals surface area contributed by atoms with Crippen LogP contribution in [0.2, 0.25) is 5.02 Å². The standard InChI is InChI=1S/C14H15BrClN3.ClH/c1-9-13(16)14(19-6-4-17-5-7-19)11-3-2-10(15)8-12(11)18-9;/h2-3,8,17H,4-7H2,1H3;1H. The Bertz CT molecular complexity index is 627. The monoisotopic (exact) mass is 375 g/mol. The number of halogens is 3. The van der Waals surface area contributed by atoms with Crippen molar-refractivity contribution in [2.75, 3.05) is 31.1 Å². The van der Waals surface area contributed by atoms with Crippen LogP contribution in [-0.2, 0) is 0 Å². The second-order valence-electron chi connectivity index (χ2n) is 4.76.